The molecule has 3 rings (SSSR count). The molecule has 2 aromatic rings. The number of hydrogen-bond acceptors (Lipinski definition) is 5. The summed E-state index contributed by atoms with van der Waals surface area (Å²) in [6, 6.07) is 8.01. The lowest BCUT2D eigenvalue weighted by Crippen LogP contribution is -2.31. The topological polar surface area (TPSA) is 69.0 Å². The van der Waals surface area contributed by atoms with Gasteiger partial charge in [-0.25, -0.2) is 0 Å². The number of halogens is 1. The van der Waals surface area contributed by atoms with Crippen molar-refractivity contribution in [3.63, 3.8) is 0 Å². The van der Waals surface area contributed by atoms with Gasteiger partial charge < -0.3 is 10.2 Å². The number of benzene rings is 1. The molecule has 2 heterocycles. The number of nitrogens with one attached hydrogen (secondary N) is 1. The molecule has 0 atom stereocenters. The maximum absolute atomic E-state index is 11.3. The molecule has 5 nitrogen and oxygen atoms in total. The lowest BCUT2D eigenvalue weighted by Gasteiger charge is -2.30. The van der Waals surface area contributed by atoms with Crippen molar-refractivity contribution in [1.82, 2.24) is 4.37 Å². The van der Waals surface area contributed by atoms with Gasteiger partial charge in [0, 0.05) is 25.7 Å². The molecule has 1 aromatic heterocycles. The molecular weight excluding hydrogens is 320 g/mol. The molecule has 112 valence electrons. The molecule has 7 heteroatoms. The number of anilines is 2. The van der Waals surface area contributed by atoms with Gasteiger partial charge in [-0.2, -0.15) is 9.64 Å². The molecule has 0 bridgehead atoms. The van der Waals surface area contributed by atoms with Gasteiger partial charge in [0.15, 0.2) is 5.15 Å². The number of hydrogen-bond donors (Lipinski definition) is 1. The molecule has 1 aromatic carbocycles. The number of aromatic nitrogens is 1. The number of rotatable bonds is 2. The summed E-state index contributed by atoms with van der Waals surface area (Å²) in [6.07, 6.45) is 0.798. The predicted molar refractivity (Wildman–Crippen MR) is 87.3 cm³/mol. The summed E-state index contributed by atoms with van der Waals surface area (Å²) in [5.41, 5.74) is 3.61. The van der Waals surface area contributed by atoms with Gasteiger partial charge in [-0.1, -0.05) is 23.7 Å². The summed E-state index contributed by atoms with van der Waals surface area (Å²) >= 11 is 7.20. The SMILES string of the molecule is CC(=O)Nc1cccc2c1CCN(c1snc(Cl)c1C#N)C2. The number of carbonyl (C=O) groups is 1. The normalized spacial score (nSPS) is 13.4. The lowest BCUT2D eigenvalue weighted by atomic mass is 9.97. The molecule has 1 amide bonds. The number of nitriles is 1. The van der Waals surface area contributed by atoms with Crippen LogP contribution >= 0.6 is 23.1 Å². The molecular formula is C15H13ClN4OS. The zero-order valence-electron chi connectivity index (χ0n) is 11.9. The summed E-state index contributed by atoms with van der Waals surface area (Å²) in [4.78, 5) is 13.4. The second-order valence-electron chi connectivity index (χ2n) is 5.06. The van der Waals surface area contributed by atoms with Crippen molar-refractivity contribution in [2.24, 2.45) is 0 Å². The lowest BCUT2D eigenvalue weighted by molar-refractivity contribution is -0.114. The Morgan fingerprint density at radius 3 is 3.09 bits per heavy atom. The molecule has 0 saturated heterocycles. The van der Waals surface area contributed by atoms with E-state index < -0.39 is 0 Å². The summed E-state index contributed by atoms with van der Waals surface area (Å²) in [5, 5.41) is 13.2. The van der Waals surface area contributed by atoms with Crippen LogP contribution in [0, 0.1) is 11.3 Å². The predicted octanol–water partition coefficient (Wildman–Crippen LogP) is 3.19. The smallest absolute Gasteiger partial charge is 0.221 e. The van der Waals surface area contributed by atoms with E-state index in [9.17, 15) is 10.1 Å². The average Bonchev–Trinajstić information content (AvgIpc) is 2.87. The molecule has 0 unspecified atom stereocenters. The van der Waals surface area contributed by atoms with Crippen LogP contribution in [0.5, 0.6) is 0 Å². The molecule has 0 fully saturated rings. The zero-order valence-corrected chi connectivity index (χ0v) is 13.5. The van der Waals surface area contributed by atoms with Gasteiger partial charge in [0.25, 0.3) is 0 Å². The van der Waals surface area contributed by atoms with E-state index in [0.29, 0.717) is 12.1 Å². The Labute approximate surface area is 137 Å². The third kappa shape index (κ3) is 2.65. The highest BCUT2D eigenvalue weighted by atomic mass is 35.5. The minimum atomic E-state index is -0.0724. The third-order valence-corrected chi connectivity index (χ3v) is 4.89. The van der Waals surface area contributed by atoms with Crippen LogP contribution in [0.2, 0.25) is 5.15 Å². The maximum Gasteiger partial charge on any atom is 0.221 e. The van der Waals surface area contributed by atoms with Crippen molar-refractivity contribution in [2.45, 2.75) is 19.9 Å². The molecule has 0 radical (unpaired) electrons. The van der Waals surface area contributed by atoms with Crippen molar-refractivity contribution in [1.29, 1.82) is 5.26 Å². The molecule has 1 aliphatic rings. The second kappa shape index (κ2) is 5.95. The Bertz CT molecular complexity index is 780. The van der Waals surface area contributed by atoms with E-state index in [1.54, 1.807) is 0 Å². The number of amides is 1. The van der Waals surface area contributed by atoms with Crippen molar-refractivity contribution in [2.75, 3.05) is 16.8 Å². The minimum Gasteiger partial charge on any atom is -0.356 e. The largest absolute Gasteiger partial charge is 0.356 e. The van der Waals surface area contributed by atoms with Crippen LogP contribution in [-0.4, -0.2) is 16.8 Å². The first-order chi connectivity index (χ1) is 10.6. The minimum absolute atomic E-state index is 0.0724. The van der Waals surface area contributed by atoms with Crippen LogP contribution in [0.1, 0.15) is 23.6 Å². The molecule has 1 aliphatic heterocycles. The molecule has 0 aliphatic carbocycles. The Hall–Kier alpha value is -2.10. The van der Waals surface area contributed by atoms with Gasteiger partial charge in [-0.15, -0.1) is 0 Å². The fraction of sp³-hybridized carbons (Fsp3) is 0.267. The fourth-order valence-electron chi connectivity index (χ4n) is 2.66. The van der Waals surface area contributed by atoms with E-state index in [1.165, 1.54) is 18.5 Å². The monoisotopic (exact) mass is 332 g/mol. The van der Waals surface area contributed by atoms with Crippen LogP contribution in [0.4, 0.5) is 10.7 Å². The summed E-state index contributed by atoms with van der Waals surface area (Å²) < 4.78 is 4.06. The Kier molecular flexibility index (Phi) is 4.01. The van der Waals surface area contributed by atoms with E-state index in [-0.39, 0.29) is 11.1 Å². The Morgan fingerprint density at radius 2 is 2.36 bits per heavy atom. The average molecular weight is 333 g/mol. The van der Waals surface area contributed by atoms with Crippen LogP contribution in [-0.2, 0) is 17.8 Å². The van der Waals surface area contributed by atoms with Crippen LogP contribution in [0.25, 0.3) is 0 Å². The summed E-state index contributed by atoms with van der Waals surface area (Å²) in [6.45, 7) is 2.94. The molecule has 0 saturated carbocycles. The quantitative estimate of drug-likeness (QED) is 0.917. The highest BCUT2D eigenvalue weighted by Crippen LogP contribution is 2.35. The van der Waals surface area contributed by atoms with Gasteiger partial charge in [0.05, 0.1) is 0 Å². The highest BCUT2D eigenvalue weighted by molar-refractivity contribution is 7.10. The van der Waals surface area contributed by atoms with E-state index in [4.69, 9.17) is 11.6 Å². The van der Waals surface area contributed by atoms with Crippen molar-refractivity contribution < 1.29 is 4.79 Å². The van der Waals surface area contributed by atoms with Gasteiger partial charge >= 0.3 is 0 Å². The fourth-order valence-corrected chi connectivity index (χ4v) is 3.72. The Morgan fingerprint density at radius 1 is 1.55 bits per heavy atom. The Balaban J connectivity index is 1.92. The van der Waals surface area contributed by atoms with Gasteiger partial charge in [-0.05, 0) is 35.1 Å². The first-order valence-corrected chi connectivity index (χ1v) is 7.94. The van der Waals surface area contributed by atoms with Gasteiger partial charge in [0.1, 0.15) is 16.6 Å². The van der Waals surface area contributed by atoms with Gasteiger partial charge in [0.2, 0.25) is 5.91 Å². The second-order valence-corrected chi connectivity index (χ2v) is 6.17. The van der Waals surface area contributed by atoms with E-state index in [2.05, 4.69) is 20.7 Å². The summed E-state index contributed by atoms with van der Waals surface area (Å²) in [5.74, 6) is -0.0724. The number of carbonyl (C=O) groups excluding carboxylic acids is 1. The van der Waals surface area contributed by atoms with Crippen LogP contribution in [0.15, 0.2) is 18.2 Å². The number of nitrogens with zero attached hydrogens (tertiary/aromatic N) is 3. The van der Waals surface area contributed by atoms with Crippen LogP contribution in [0.3, 0.4) is 0 Å². The molecule has 0 spiro atoms. The highest BCUT2D eigenvalue weighted by Gasteiger charge is 2.24. The van der Waals surface area contributed by atoms with E-state index in [1.807, 2.05) is 18.2 Å². The standard InChI is InChI=1S/C15H13ClN4OS/c1-9(21)18-13-4-2-3-10-8-20(6-5-11(10)13)15-12(7-17)14(16)19-22-15/h2-4H,5-6,8H2,1H3,(H,18,21). The summed E-state index contributed by atoms with van der Waals surface area (Å²) in [7, 11) is 0. The number of fused-ring (bicyclic) bond motifs is 1. The zero-order chi connectivity index (χ0) is 15.7. The van der Waals surface area contributed by atoms with E-state index >= 15 is 0 Å². The first-order valence-electron chi connectivity index (χ1n) is 6.78. The van der Waals surface area contributed by atoms with E-state index in [0.717, 1.165) is 34.8 Å². The maximum atomic E-state index is 11.3. The van der Waals surface area contributed by atoms with Crippen molar-refractivity contribution >= 4 is 39.7 Å². The third-order valence-electron chi connectivity index (χ3n) is 3.61. The van der Waals surface area contributed by atoms with Crippen molar-refractivity contribution in [3.05, 3.63) is 40.0 Å². The molecule has 22 heavy (non-hydrogen) atoms. The van der Waals surface area contributed by atoms with Gasteiger partial charge in [-0.3, -0.25) is 4.79 Å². The molecule has 1 N–H and O–H groups in total. The van der Waals surface area contributed by atoms with Crippen molar-refractivity contribution in [3.8, 4) is 6.07 Å². The first kappa shape index (κ1) is 14.8. The van der Waals surface area contributed by atoms with Crippen LogP contribution < -0.4 is 10.2 Å².